The molecule has 3 rings (SSSR count). The molecule has 1 amide bonds. The highest BCUT2D eigenvalue weighted by Crippen LogP contribution is 2.25. The molecule has 1 aliphatic rings. The van der Waals surface area contributed by atoms with Gasteiger partial charge >= 0.3 is 0 Å². The normalized spacial score (nSPS) is 15.2. The maximum Gasteiger partial charge on any atom is 0.257 e. The number of carbonyl (C=O) groups excluding carboxylic acids is 1. The van der Waals surface area contributed by atoms with E-state index in [9.17, 15) is 9.18 Å². The van der Waals surface area contributed by atoms with E-state index in [0.29, 0.717) is 54.1 Å². The number of rotatable bonds is 4. The Balaban J connectivity index is 1.63. The summed E-state index contributed by atoms with van der Waals surface area (Å²) in [4.78, 5) is 16.8. The summed E-state index contributed by atoms with van der Waals surface area (Å²) >= 11 is 12.1. The second-order valence-electron chi connectivity index (χ2n) is 6.15. The second-order valence-corrected chi connectivity index (χ2v) is 6.99. The van der Waals surface area contributed by atoms with Gasteiger partial charge in [0.15, 0.2) is 0 Å². The summed E-state index contributed by atoms with van der Waals surface area (Å²) in [5, 5.41) is 0.922. The fourth-order valence-corrected chi connectivity index (χ4v) is 3.42. The van der Waals surface area contributed by atoms with Crippen molar-refractivity contribution in [1.29, 1.82) is 0 Å². The largest absolute Gasteiger partial charge is 0.496 e. The van der Waals surface area contributed by atoms with Crippen LogP contribution in [0.1, 0.15) is 15.9 Å². The highest BCUT2D eigenvalue weighted by molar-refractivity contribution is 6.31. The molecule has 0 radical (unpaired) electrons. The average molecular weight is 397 g/mol. The van der Waals surface area contributed by atoms with Crippen LogP contribution >= 0.6 is 23.2 Å². The van der Waals surface area contributed by atoms with Crippen LogP contribution in [-0.4, -0.2) is 49.0 Å². The third-order valence-corrected chi connectivity index (χ3v) is 5.05. The van der Waals surface area contributed by atoms with Gasteiger partial charge in [0.1, 0.15) is 11.6 Å². The Hall–Kier alpha value is -1.82. The van der Waals surface area contributed by atoms with Crippen molar-refractivity contribution in [3.63, 3.8) is 0 Å². The van der Waals surface area contributed by atoms with Gasteiger partial charge in [-0.05, 0) is 35.9 Å². The van der Waals surface area contributed by atoms with E-state index in [1.165, 1.54) is 19.2 Å². The monoisotopic (exact) mass is 396 g/mol. The number of hydrogen-bond donors (Lipinski definition) is 0. The zero-order valence-corrected chi connectivity index (χ0v) is 15.9. The van der Waals surface area contributed by atoms with Crippen LogP contribution in [0.15, 0.2) is 36.4 Å². The number of nitrogens with zero attached hydrogens (tertiary/aromatic N) is 2. The standard InChI is InChI=1S/C19H19Cl2FN2O2/c1-26-18-5-3-14(20)10-16(18)19(25)24-8-6-23(7-9-24)12-13-2-4-15(22)11-17(13)21/h2-5,10-11H,6-9,12H2,1H3. The van der Waals surface area contributed by atoms with Gasteiger partial charge in [-0.25, -0.2) is 4.39 Å². The van der Waals surface area contributed by atoms with E-state index in [4.69, 9.17) is 27.9 Å². The van der Waals surface area contributed by atoms with Gasteiger partial charge in [-0.15, -0.1) is 0 Å². The number of carbonyl (C=O) groups is 1. The first-order valence-corrected chi connectivity index (χ1v) is 9.02. The highest BCUT2D eigenvalue weighted by Gasteiger charge is 2.24. The number of piperazine rings is 1. The highest BCUT2D eigenvalue weighted by atomic mass is 35.5. The van der Waals surface area contributed by atoms with Gasteiger partial charge in [0.05, 0.1) is 12.7 Å². The Morgan fingerprint density at radius 1 is 1.12 bits per heavy atom. The molecule has 26 heavy (non-hydrogen) atoms. The van der Waals surface area contributed by atoms with Gasteiger partial charge in [-0.3, -0.25) is 9.69 Å². The number of benzene rings is 2. The van der Waals surface area contributed by atoms with Crippen LogP contribution < -0.4 is 4.74 Å². The van der Waals surface area contributed by atoms with Crippen molar-refractivity contribution in [3.8, 4) is 5.75 Å². The lowest BCUT2D eigenvalue weighted by atomic mass is 10.1. The van der Waals surface area contributed by atoms with Gasteiger partial charge < -0.3 is 9.64 Å². The molecule has 0 spiro atoms. The van der Waals surface area contributed by atoms with Crippen molar-refractivity contribution in [2.75, 3.05) is 33.3 Å². The molecule has 0 aliphatic carbocycles. The minimum Gasteiger partial charge on any atom is -0.496 e. The lowest BCUT2D eigenvalue weighted by Gasteiger charge is -2.35. The molecule has 2 aromatic carbocycles. The van der Waals surface area contributed by atoms with E-state index in [1.54, 1.807) is 29.2 Å². The van der Waals surface area contributed by atoms with Crippen LogP contribution in [0.4, 0.5) is 4.39 Å². The molecule has 1 saturated heterocycles. The van der Waals surface area contributed by atoms with Gasteiger partial charge in [0, 0.05) is 42.8 Å². The molecule has 0 atom stereocenters. The Bertz CT molecular complexity index is 808. The molecule has 1 aliphatic heterocycles. The fourth-order valence-electron chi connectivity index (χ4n) is 3.02. The zero-order valence-electron chi connectivity index (χ0n) is 14.3. The van der Waals surface area contributed by atoms with Crippen LogP contribution in [0.3, 0.4) is 0 Å². The van der Waals surface area contributed by atoms with Crippen LogP contribution in [-0.2, 0) is 6.54 Å². The summed E-state index contributed by atoms with van der Waals surface area (Å²) in [7, 11) is 1.53. The van der Waals surface area contributed by atoms with Crippen molar-refractivity contribution in [3.05, 3.63) is 63.4 Å². The maximum atomic E-state index is 13.2. The summed E-state index contributed by atoms with van der Waals surface area (Å²) in [5.41, 5.74) is 1.35. The van der Waals surface area contributed by atoms with Gasteiger partial charge in [0.2, 0.25) is 0 Å². The molecule has 4 nitrogen and oxygen atoms in total. The quantitative estimate of drug-likeness (QED) is 0.779. The maximum absolute atomic E-state index is 13.2. The van der Waals surface area contributed by atoms with E-state index in [1.807, 2.05) is 0 Å². The third kappa shape index (κ3) is 4.29. The second kappa shape index (κ2) is 8.25. The molecule has 1 fully saturated rings. The number of amides is 1. The van der Waals surface area contributed by atoms with Crippen molar-refractivity contribution >= 4 is 29.1 Å². The molecule has 138 valence electrons. The molecular weight excluding hydrogens is 378 g/mol. The van der Waals surface area contributed by atoms with Crippen LogP contribution in [0.5, 0.6) is 5.75 Å². The number of hydrogen-bond acceptors (Lipinski definition) is 3. The minimum atomic E-state index is -0.343. The Kier molecular flexibility index (Phi) is 6.01. The first-order chi connectivity index (χ1) is 12.5. The minimum absolute atomic E-state index is 0.0937. The van der Waals surface area contributed by atoms with Gasteiger partial charge in [0.25, 0.3) is 5.91 Å². The Labute approximate surface area is 162 Å². The van der Waals surface area contributed by atoms with Gasteiger partial charge in [-0.2, -0.15) is 0 Å². The van der Waals surface area contributed by atoms with E-state index in [0.717, 1.165) is 5.56 Å². The molecule has 0 unspecified atom stereocenters. The molecule has 0 bridgehead atoms. The fraction of sp³-hybridized carbons (Fsp3) is 0.316. The van der Waals surface area contributed by atoms with Crippen LogP contribution in [0.2, 0.25) is 10.0 Å². The lowest BCUT2D eigenvalue weighted by Crippen LogP contribution is -2.48. The smallest absolute Gasteiger partial charge is 0.257 e. The molecule has 7 heteroatoms. The average Bonchev–Trinajstić information content (AvgIpc) is 2.64. The summed E-state index contributed by atoms with van der Waals surface area (Å²) in [6, 6.07) is 9.46. The van der Waals surface area contributed by atoms with Gasteiger partial charge in [-0.1, -0.05) is 29.3 Å². The van der Waals surface area contributed by atoms with Crippen LogP contribution in [0, 0.1) is 5.82 Å². The zero-order chi connectivity index (χ0) is 18.7. The first kappa shape index (κ1) is 19.0. The topological polar surface area (TPSA) is 32.8 Å². The number of ether oxygens (including phenoxy) is 1. The first-order valence-electron chi connectivity index (χ1n) is 8.27. The summed E-state index contributed by atoms with van der Waals surface area (Å²) in [6.45, 7) is 3.23. The molecule has 0 aromatic heterocycles. The van der Waals surface area contributed by atoms with E-state index in [2.05, 4.69) is 4.90 Å². The van der Waals surface area contributed by atoms with Crippen molar-refractivity contribution in [2.24, 2.45) is 0 Å². The molecule has 0 N–H and O–H groups in total. The number of methoxy groups -OCH3 is 1. The SMILES string of the molecule is COc1ccc(Cl)cc1C(=O)N1CCN(Cc2ccc(F)cc2Cl)CC1. The molecule has 0 saturated carbocycles. The van der Waals surface area contributed by atoms with Crippen molar-refractivity contribution < 1.29 is 13.9 Å². The molecule has 2 aromatic rings. The van der Waals surface area contributed by atoms with Crippen LogP contribution in [0.25, 0.3) is 0 Å². The molecular formula is C19H19Cl2FN2O2. The Morgan fingerprint density at radius 2 is 1.85 bits per heavy atom. The summed E-state index contributed by atoms with van der Waals surface area (Å²) in [5.74, 6) is 0.0772. The summed E-state index contributed by atoms with van der Waals surface area (Å²) in [6.07, 6.45) is 0. The van der Waals surface area contributed by atoms with E-state index >= 15 is 0 Å². The van der Waals surface area contributed by atoms with Crippen molar-refractivity contribution in [1.82, 2.24) is 9.80 Å². The molecule has 1 heterocycles. The number of halogens is 3. The lowest BCUT2D eigenvalue weighted by molar-refractivity contribution is 0.0625. The Morgan fingerprint density at radius 3 is 2.50 bits per heavy atom. The summed E-state index contributed by atoms with van der Waals surface area (Å²) < 4.78 is 18.4. The predicted octanol–water partition coefficient (Wildman–Crippen LogP) is 4.10. The van der Waals surface area contributed by atoms with Crippen molar-refractivity contribution in [2.45, 2.75) is 6.54 Å². The predicted molar refractivity (Wildman–Crippen MR) is 101 cm³/mol. The van der Waals surface area contributed by atoms with E-state index < -0.39 is 0 Å². The third-order valence-electron chi connectivity index (χ3n) is 4.46. The van der Waals surface area contributed by atoms with E-state index in [-0.39, 0.29) is 11.7 Å².